The summed E-state index contributed by atoms with van der Waals surface area (Å²) in [6, 6.07) is 3.99. The van der Waals surface area contributed by atoms with Crippen LogP contribution in [-0.2, 0) is 5.75 Å². The molecule has 2 heteroatoms. The molecule has 0 bridgehead atoms. The molecule has 0 fully saturated rings. The number of hydrogen-bond acceptors (Lipinski definition) is 2. The lowest BCUT2D eigenvalue weighted by Gasteiger charge is -1.97. The normalized spacial score (nSPS) is 9.91. The maximum Gasteiger partial charge on any atom is 0.0889 e. The molecule has 1 aromatic rings. The second kappa shape index (κ2) is 5.19. The molecular weight excluding hydrogens is 154 g/mol. The minimum atomic E-state index is 1.09. The van der Waals surface area contributed by atoms with E-state index in [4.69, 9.17) is 0 Å². The maximum absolute atomic E-state index is 3.84. The van der Waals surface area contributed by atoms with Crippen LogP contribution in [0.5, 0.6) is 0 Å². The van der Waals surface area contributed by atoms with Gasteiger partial charge in [-0.2, -0.15) is 11.8 Å². The van der Waals surface area contributed by atoms with Gasteiger partial charge in [0.1, 0.15) is 0 Å². The summed E-state index contributed by atoms with van der Waals surface area (Å²) in [5.41, 5.74) is 1.32. The molecule has 0 saturated heterocycles. The molecule has 0 unspecified atom stereocenters. The van der Waals surface area contributed by atoms with Crippen LogP contribution in [0.4, 0.5) is 0 Å². The zero-order valence-electron chi connectivity index (χ0n) is 6.71. The van der Waals surface area contributed by atoms with Crippen LogP contribution in [0.2, 0.25) is 0 Å². The summed E-state index contributed by atoms with van der Waals surface area (Å²) in [5.74, 6) is 2.33. The van der Waals surface area contributed by atoms with Crippen molar-refractivity contribution in [3.05, 3.63) is 30.1 Å². The van der Waals surface area contributed by atoms with Gasteiger partial charge in [-0.05, 0) is 29.9 Å². The van der Waals surface area contributed by atoms with E-state index in [0.717, 1.165) is 5.75 Å². The Balaban J connectivity index is 2.28. The Morgan fingerprint density at radius 1 is 1.64 bits per heavy atom. The van der Waals surface area contributed by atoms with Crippen LogP contribution in [0, 0.1) is 6.20 Å². The molecule has 1 heterocycles. The van der Waals surface area contributed by atoms with Gasteiger partial charge in [0.05, 0.1) is 6.20 Å². The Morgan fingerprint density at radius 2 is 2.55 bits per heavy atom. The van der Waals surface area contributed by atoms with Gasteiger partial charge in [0.25, 0.3) is 0 Å². The lowest BCUT2D eigenvalue weighted by Crippen LogP contribution is -1.82. The SMILES string of the molecule is CCCSCc1c[c]ncc1. The summed E-state index contributed by atoms with van der Waals surface area (Å²) < 4.78 is 0. The Morgan fingerprint density at radius 3 is 3.18 bits per heavy atom. The molecule has 11 heavy (non-hydrogen) atoms. The molecule has 0 saturated carbocycles. The van der Waals surface area contributed by atoms with Crippen molar-refractivity contribution in [3.8, 4) is 0 Å². The molecule has 0 aliphatic heterocycles. The second-order valence-corrected chi connectivity index (χ2v) is 3.45. The van der Waals surface area contributed by atoms with Crippen molar-refractivity contribution < 1.29 is 0 Å². The fraction of sp³-hybridized carbons (Fsp3) is 0.444. The number of nitrogens with zero attached hydrogens (tertiary/aromatic N) is 1. The van der Waals surface area contributed by atoms with E-state index in [1.165, 1.54) is 17.7 Å². The zero-order valence-corrected chi connectivity index (χ0v) is 7.53. The van der Waals surface area contributed by atoms with E-state index in [0.29, 0.717) is 0 Å². The molecule has 0 aromatic carbocycles. The summed E-state index contributed by atoms with van der Waals surface area (Å²) in [4.78, 5) is 3.84. The predicted octanol–water partition coefficient (Wildman–Crippen LogP) is 2.52. The molecule has 1 rings (SSSR count). The summed E-state index contributed by atoms with van der Waals surface area (Å²) >= 11 is 1.96. The molecule has 0 aliphatic carbocycles. The van der Waals surface area contributed by atoms with Gasteiger partial charge in [-0.3, -0.25) is 4.98 Å². The average Bonchev–Trinajstić information content (AvgIpc) is 2.07. The highest BCUT2D eigenvalue weighted by molar-refractivity contribution is 7.98. The third-order valence-electron chi connectivity index (χ3n) is 1.30. The summed E-state index contributed by atoms with van der Waals surface area (Å²) in [6.07, 6.45) is 5.87. The van der Waals surface area contributed by atoms with Gasteiger partial charge in [-0.15, -0.1) is 0 Å². The second-order valence-electron chi connectivity index (χ2n) is 2.35. The smallest absolute Gasteiger partial charge is 0.0889 e. The van der Waals surface area contributed by atoms with Crippen molar-refractivity contribution in [2.24, 2.45) is 0 Å². The van der Waals surface area contributed by atoms with Crippen molar-refractivity contribution >= 4 is 11.8 Å². The van der Waals surface area contributed by atoms with Crippen LogP contribution >= 0.6 is 11.8 Å². The van der Waals surface area contributed by atoms with Crippen molar-refractivity contribution in [2.45, 2.75) is 19.1 Å². The van der Waals surface area contributed by atoms with Gasteiger partial charge in [-0.25, -0.2) is 0 Å². The summed E-state index contributed by atoms with van der Waals surface area (Å²) in [7, 11) is 0. The first-order valence-electron chi connectivity index (χ1n) is 3.82. The van der Waals surface area contributed by atoms with Crippen molar-refractivity contribution in [1.29, 1.82) is 0 Å². The third-order valence-corrected chi connectivity index (χ3v) is 2.54. The number of hydrogen-bond donors (Lipinski definition) is 0. The quantitative estimate of drug-likeness (QED) is 0.637. The Labute approximate surface area is 72.2 Å². The maximum atomic E-state index is 3.84. The number of aromatic nitrogens is 1. The first-order chi connectivity index (χ1) is 5.43. The Kier molecular flexibility index (Phi) is 4.06. The molecule has 0 N–H and O–H groups in total. The van der Waals surface area contributed by atoms with E-state index in [9.17, 15) is 0 Å². The monoisotopic (exact) mass is 166 g/mol. The molecule has 0 amide bonds. The largest absolute Gasteiger partial charge is 0.255 e. The Bertz CT molecular complexity index is 186. The number of thioether (sulfide) groups is 1. The minimum Gasteiger partial charge on any atom is -0.255 e. The summed E-state index contributed by atoms with van der Waals surface area (Å²) in [6.45, 7) is 2.20. The molecule has 59 valence electrons. The molecule has 0 spiro atoms. The highest BCUT2D eigenvalue weighted by atomic mass is 32.2. The zero-order chi connectivity index (χ0) is 7.94. The predicted molar refractivity (Wildman–Crippen MR) is 49.5 cm³/mol. The molecule has 0 aliphatic rings. The van der Waals surface area contributed by atoms with Crippen LogP contribution in [0.1, 0.15) is 18.9 Å². The van der Waals surface area contributed by atoms with Crippen molar-refractivity contribution in [1.82, 2.24) is 4.98 Å². The van der Waals surface area contributed by atoms with Gasteiger partial charge in [0.15, 0.2) is 0 Å². The van der Waals surface area contributed by atoms with Crippen LogP contribution < -0.4 is 0 Å². The molecule has 1 radical (unpaired) electrons. The third kappa shape index (κ3) is 3.42. The van der Waals surface area contributed by atoms with E-state index in [-0.39, 0.29) is 0 Å². The van der Waals surface area contributed by atoms with Crippen LogP contribution in [0.15, 0.2) is 18.3 Å². The van der Waals surface area contributed by atoms with E-state index < -0.39 is 0 Å². The topological polar surface area (TPSA) is 12.9 Å². The number of pyridine rings is 1. The Hall–Kier alpha value is -0.500. The van der Waals surface area contributed by atoms with Gasteiger partial charge >= 0.3 is 0 Å². The molecular formula is C9H12NS. The van der Waals surface area contributed by atoms with E-state index >= 15 is 0 Å². The van der Waals surface area contributed by atoms with Crippen LogP contribution in [0.25, 0.3) is 0 Å². The minimum absolute atomic E-state index is 1.09. The van der Waals surface area contributed by atoms with Crippen molar-refractivity contribution in [3.63, 3.8) is 0 Å². The van der Waals surface area contributed by atoms with Gasteiger partial charge in [-0.1, -0.05) is 6.92 Å². The van der Waals surface area contributed by atoms with E-state index in [1.807, 2.05) is 23.9 Å². The van der Waals surface area contributed by atoms with Gasteiger partial charge in [0.2, 0.25) is 0 Å². The first-order valence-corrected chi connectivity index (χ1v) is 4.97. The van der Waals surface area contributed by atoms with Crippen LogP contribution in [-0.4, -0.2) is 10.7 Å². The van der Waals surface area contributed by atoms with E-state index in [2.05, 4.69) is 18.1 Å². The lowest BCUT2D eigenvalue weighted by atomic mass is 10.3. The standard InChI is InChI=1S/C9H12NS/c1-2-7-11-8-9-3-5-10-6-4-9/h3-5H,2,7-8H2,1H3. The molecule has 1 aromatic heterocycles. The molecule has 0 atom stereocenters. The average molecular weight is 166 g/mol. The highest BCUT2D eigenvalue weighted by Gasteiger charge is 1.90. The fourth-order valence-electron chi connectivity index (χ4n) is 0.768. The van der Waals surface area contributed by atoms with Crippen LogP contribution in [0.3, 0.4) is 0 Å². The molecule has 1 nitrogen and oxygen atoms in total. The first kappa shape index (κ1) is 8.60. The van der Waals surface area contributed by atoms with Gasteiger partial charge in [0, 0.05) is 11.9 Å². The lowest BCUT2D eigenvalue weighted by molar-refractivity contribution is 1.10. The summed E-state index contributed by atoms with van der Waals surface area (Å²) in [5, 5.41) is 0. The highest BCUT2D eigenvalue weighted by Crippen LogP contribution is 2.10. The van der Waals surface area contributed by atoms with E-state index in [1.54, 1.807) is 6.20 Å². The fourth-order valence-corrected chi connectivity index (χ4v) is 1.62. The van der Waals surface area contributed by atoms with Crippen molar-refractivity contribution in [2.75, 3.05) is 5.75 Å². The number of rotatable bonds is 4. The van der Waals surface area contributed by atoms with Gasteiger partial charge < -0.3 is 0 Å².